The number of carbonyl (C=O) groups is 1. The molecule has 0 aliphatic rings. The van der Waals surface area contributed by atoms with Gasteiger partial charge in [-0.05, 0) is 19.5 Å². The first-order chi connectivity index (χ1) is 5.70. The quantitative estimate of drug-likeness (QED) is 0.693. The fourth-order valence-corrected chi connectivity index (χ4v) is 0.856. The predicted molar refractivity (Wildman–Crippen MR) is 51.4 cm³/mol. The lowest BCUT2D eigenvalue weighted by Crippen LogP contribution is -2.30. The first-order valence-corrected chi connectivity index (χ1v) is 4.64. The van der Waals surface area contributed by atoms with Crippen LogP contribution in [0.1, 0.15) is 34.1 Å². The second kappa shape index (κ2) is 10.4. The molecule has 0 aromatic rings. The van der Waals surface area contributed by atoms with Gasteiger partial charge in [-0.15, -0.1) is 0 Å². The van der Waals surface area contributed by atoms with Crippen molar-refractivity contribution in [1.82, 2.24) is 4.90 Å². The van der Waals surface area contributed by atoms with Gasteiger partial charge in [0.25, 0.3) is 0 Å². The number of aliphatic carboxylic acids is 1. The molecule has 0 radical (unpaired) electrons. The summed E-state index contributed by atoms with van der Waals surface area (Å²) in [6.45, 7) is 9.89. The molecule has 0 aliphatic carbocycles. The zero-order valence-corrected chi connectivity index (χ0v) is 8.63. The van der Waals surface area contributed by atoms with E-state index in [9.17, 15) is 4.79 Å². The van der Waals surface area contributed by atoms with Gasteiger partial charge in [-0.1, -0.05) is 27.7 Å². The van der Waals surface area contributed by atoms with Crippen LogP contribution >= 0.6 is 0 Å². The Morgan fingerprint density at radius 1 is 1.33 bits per heavy atom. The van der Waals surface area contributed by atoms with Crippen molar-refractivity contribution >= 4 is 5.97 Å². The van der Waals surface area contributed by atoms with Crippen LogP contribution in [0.4, 0.5) is 0 Å². The highest BCUT2D eigenvalue weighted by Gasteiger charge is 2.04. The molecule has 0 aromatic carbocycles. The second-order valence-electron chi connectivity index (χ2n) is 2.26. The zero-order chi connectivity index (χ0) is 9.98. The first-order valence-electron chi connectivity index (χ1n) is 4.64. The summed E-state index contributed by atoms with van der Waals surface area (Å²) >= 11 is 0. The molecule has 0 aromatic heterocycles. The Morgan fingerprint density at radius 3 is 2.08 bits per heavy atom. The van der Waals surface area contributed by atoms with Gasteiger partial charge in [-0.25, -0.2) is 0 Å². The maximum Gasteiger partial charge on any atom is 0.317 e. The Kier molecular flexibility index (Phi) is 12.2. The van der Waals surface area contributed by atoms with Gasteiger partial charge in [-0.2, -0.15) is 0 Å². The minimum absolute atomic E-state index is 0.171. The molecule has 0 rings (SSSR count). The summed E-state index contributed by atoms with van der Waals surface area (Å²) in [7, 11) is 0. The molecule has 0 fully saturated rings. The maximum absolute atomic E-state index is 10.2. The lowest BCUT2D eigenvalue weighted by molar-refractivity contribution is -0.138. The van der Waals surface area contributed by atoms with Crippen molar-refractivity contribution in [3.05, 3.63) is 0 Å². The topological polar surface area (TPSA) is 40.5 Å². The lowest BCUT2D eigenvalue weighted by atomic mass is 10.4. The van der Waals surface area contributed by atoms with Crippen LogP contribution in [0.5, 0.6) is 0 Å². The molecular formula is C9H21NO2. The third-order valence-electron chi connectivity index (χ3n) is 1.35. The fourth-order valence-electron chi connectivity index (χ4n) is 0.856. The molecule has 0 saturated heterocycles. The molecule has 3 heteroatoms. The van der Waals surface area contributed by atoms with Crippen molar-refractivity contribution in [3.8, 4) is 0 Å². The Bertz CT molecular complexity index is 105. The van der Waals surface area contributed by atoms with E-state index in [0.29, 0.717) is 0 Å². The highest BCUT2D eigenvalue weighted by Crippen LogP contribution is 1.89. The molecule has 0 bridgehead atoms. The van der Waals surface area contributed by atoms with Gasteiger partial charge in [0.1, 0.15) is 0 Å². The zero-order valence-electron chi connectivity index (χ0n) is 8.63. The monoisotopic (exact) mass is 175 g/mol. The number of carboxylic acids is 1. The first kappa shape index (κ1) is 14.0. The van der Waals surface area contributed by atoms with Crippen molar-refractivity contribution in [3.63, 3.8) is 0 Å². The molecule has 0 heterocycles. The molecule has 74 valence electrons. The average molecular weight is 175 g/mol. The van der Waals surface area contributed by atoms with Crippen LogP contribution < -0.4 is 0 Å². The number of hydrogen-bond donors (Lipinski definition) is 1. The van der Waals surface area contributed by atoms with Crippen molar-refractivity contribution in [2.24, 2.45) is 0 Å². The van der Waals surface area contributed by atoms with E-state index in [1.807, 2.05) is 32.6 Å². The van der Waals surface area contributed by atoms with E-state index in [2.05, 4.69) is 0 Å². The highest BCUT2D eigenvalue weighted by atomic mass is 16.4. The van der Waals surface area contributed by atoms with E-state index >= 15 is 0 Å². The van der Waals surface area contributed by atoms with E-state index in [-0.39, 0.29) is 6.54 Å². The Hall–Kier alpha value is -0.570. The van der Waals surface area contributed by atoms with Gasteiger partial charge < -0.3 is 5.11 Å². The standard InChI is InChI=1S/C7H15NO2.C2H6/c1-3-5-8(4-2)6-7(9)10;1-2/h3-6H2,1-2H3,(H,9,10);1-2H3. The average Bonchev–Trinajstić information content (AvgIpc) is 2.07. The van der Waals surface area contributed by atoms with Gasteiger partial charge in [0.2, 0.25) is 0 Å². The summed E-state index contributed by atoms with van der Waals surface area (Å²) in [5.74, 6) is -0.740. The van der Waals surface area contributed by atoms with E-state index in [0.717, 1.165) is 19.5 Å². The molecule has 0 spiro atoms. The summed E-state index contributed by atoms with van der Waals surface area (Å²) in [5, 5.41) is 8.40. The minimum atomic E-state index is -0.740. The van der Waals surface area contributed by atoms with Crippen molar-refractivity contribution in [1.29, 1.82) is 0 Å². The van der Waals surface area contributed by atoms with Crippen LogP contribution in [0.2, 0.25) is 0 Å². The van der Waals surface area contributed by atoms with E-state index < -0.39 is 5.97 Å². The fraction of sp³-hybridized carbons (Fsp3) is 0.889. The molecule has 0 amide bonds. The van der Waals surface area contributed by atoms with Crippen LogP contribution in [0.3, 0.4) is 0 Å². The normalized spacial score (nSPS) is 9.08. The Balaban J connectivity index is 0. The van der Waals surface area contributed by atoms with Crippen molar-refractivity contribution in [2.75, 3.05) is 19.6 Å². The summed E-state index contributed by atoms with van der Waals surface area (Å²) in [5.41, 5.74) is 0. The van der Waals surface area contributed by atoms with Crippen LogP contribution in [-0.2, 0) is 4.79 Å². The predicted octanol–water partition coefficient (Wildman–Crippen LogP) is 1.83. The van der Waals surface area contributed by atoms with Gasteiger partial charge in [-0.3, -0.25) is 9.69 Å². The van der Waals surface area contributed by atoms with Crippen molar-refractivity contribution in [2.45, 2.75) is 34.1 Å². The number of carboxylic acid groups (broad SMARTS) is 1. The van der Waals surface area contributed by atoms with Crippen LogP contribution in [0.25, 0.3) is 0 Å². The van der Waals surface area contributed by atoms with Crippen LogP contribution in [0, 0.1) is 0 Å². The summed E-state index contributed by atoms with van der Waals surface area (Å²) in [6, 6.07) is 0. The third kappa shape index (κ3) is 9.43. The number of nitrogens with zero attached hydrogens (tertiary/aromatic N) is 1. The molecule has 12 heavy (non-hydrogen) atoms. The van der Waals surface area contributed by atoms with Crippen LogP contribution in [0.15, 0.2) is 0 Å². The van der Waals surface area contributed by atoms with Gasteiger partial charge in [0, 0.05) is 0 Å². The van der Waals surface area contributed by atoms with Gasteiger partial charge in [0.15, 0.2) is 0 Å². The third-order valence-corrected chi connectivity index (χ3v) is 1.35. The maximum atomic E-state index is 10.2. The molecule has 0 saturated carbocycles. The van der Waals surface area contributed by atoms with E-state index in [1.54, 1.807) is 0 Å². The Labute approximate surface area is 75.4 Å². The lowest BCUT2D eigenvalue weighted by Gasteiger charge is -2.15. The number of rotatable bonds is 5. The molecule has 3 nitrogen and oxygen atoms in total. The van der Waals surface area contributed by atoms with Crippen LogP contribution in [-0.4, -0.2) is 35.6 Å². The summed E-state index contributed by atoms with van der Waals surface area (Å²) < 4.78 is 0. The SMILES string of the molecule is CC.CCCN(CC)CC(=O)O. The number of likely N-dealkylation sites (N-methyl/N-ethyl adjacent to an activating group) is 1. The molecular weight excluding hydrogens is 154 g/mol. The van der Waals surface area contributed by atoms with Gasteiger partial charge in [0.05, 0.1) is 6.54 Å². The molecule has 0 atom stereocenters. The summed E-state index contributed by atoms with van der Waals surface area (Å²) in [6.07, 6.45) is 1.02. The van der Waals surface area contributed by atoms with Gasteiger partial charge >= 0.3 is 5.97 Å². The van der Waals surface area contributed by atoms with E-state index in [1.165, 1.54) is 0 Å². The van der Waals surface area contributed by atoms with E-state index in [4.69, 9.17) is 5.11 Å². The molecule has 0 unspecified atom stereocenters. The smallest absolute Gasteiger partial charge is 0.317 e. The second-order valence-corrected chi connectivity index (χ2v) is 2.26. The Morgan fingerprint density at radius 2 is 1.83 bits per heavy atom. The molecule has 1 N–H and O–H groups in total. The molecule has 0 aliphatic heterocycles. The largest absolute Gasteiger partial charge is 0.480 e. The highest BCUT2D eigenvalue weighted by molar-refractivity contribution is 5.69. The number of hydrogen-bond acceptors (Lipinski definition) is 2. The van der Waals surface area contributed by atoms with Crippen molar-refractivity contribution < 1.29 is 9.90 Å². The minimum Gasteiger partial charge on any atom is -0.480 e. The summed E-state index contributed by atoms with van der Waals surface area (Å²) in [4.78, 5) is 12.1.